The SMILES string of the molecule is CC(=O)OC[C@H]1O[C@@H](n2cc(/C=[CH]/[Ge]([CH3])([CH3])[CH3])c(=O)[nH]c2=O)[C@@H](OC(C)=O)[C@@H]1OC(C)=O. The molecule has 1 fully saturated rings. The molecule has 1 aromatic rings. The molecule has 32 heavy (non-hydrogen) atoms. The van der Waals surface area contributed by atoms with Gasteiger partial charge in [-0.25, -0.2) is 0 Å². The van der Waals surface area contributed by atoms with Crippen molar-refractivity contribution in [3.8, 4) is 0 Å². The summed E-state index contributed by atoms with van der Waals surface area (Å²) in [5.41, 5.74) is -1.17. The molecule has 1 aromatic heterocycles. The molecule has 0 bridgehead atoms. The molecule has 11 nitrogen and oxygen atoms in total. The van der Waals surface area contributed by atoms with Crippen LogP contribution in [0.5, 0.6) is 0 Å². The molecule has 12 heteroatoms. The Kier molecular flexibility index (Phi) is 8.24. The number of hydrogen-bond donors (Lipinski definition) is 1. The number of rotatable bonds is 7. The first kappa shape index (κ1) is 25.6. The predicted molar refractivity (Wildman–Crippen MR) is 115 cm³/mol. The van der Waals surface area contributed by atoms with Crippen LogP contribution in [0, 0.1) is 0 Å². The van der Waals surface area contributed by atoms with E-state index in [-0.39, 0.29) is 12.2 Å². The zero-order valence-corrected chi connectivity index (χ0v) is 21.0. The number of carbonyl (C=O) groups is 3. The van der Waals surface area contributed by atoms with Crippen LogP contribution in [-0.2, 0) is 33.3 Å². The Bertz CT molecular complexity index is 1020. The molecule has 176 valence electrons. The van der Waals surface area contributed by atoms with Gasteiger partial charge in [0.05, 0.1) is 0 Å². The second kappa shape index (κ2) is 10.3. The molecular weight excluding hydrogens is 485 g/mol. The van der Waals surface area contributed by atoms with E-state index in [9.17, 15) is 24.0 Å². The monoisotopic (exact) mass is 514 g/mol. The van der Waals surface area contributed by atoms with Crippen LogP contribution in [0.25, 0.3) is 6.08 Å². The van der Waals surface area contributed by atoms with Gasteiger partial charge in [-0.1, -0.05) is 0 Å². The molecule has 0 radical (unpaired) electrons. The summed E-state index contributed by atoms with van der Waals surface area (Å²) in [6.07, 6.45) is -1.69. The van der Waals surface area contributed by atoms with E-state index in [0.717, 1.165) is 18.4 Å². The summed E-state index contributed by atoms with van der Waals surface area (Å²) in [5.74, 6) is 4.40. The molecule has 0 unspecified atom stereocenters. The van der Waals surface area contributed by atoms with E-state index in [1.165, 1.54) is 13.1 Å². The quantitative estimate of drug-likeness (QED) is 0.318. The normalized spacial score (nSPS) is 23.2. The Balaban J connectivity index is 2.54. The van der Waals surface area contributed by atoms with Gasteiger partial charge < -0.3 is 0 Å². The molecule has 0 amide bonds. The van der Waals surface area contributed by atoms with Crippen LogP contribution < -0.4 is 11.2 Å². The molecule has 0 aromatic carbocycles. The van der Waals surface area contributed by atoms with Gasteiger partial charge in [0.1, 0.15) is 0 Å². The Morgan fingerprint density at radius 3 is 2.19 bits per heavy atom. The van der Waals surface area contributed by atoms with E-state index in [2.05, 4.69) is 22.3 Å². The number of carbonyl (C=O) groups excluding carboxylic acids is 3. The average Bonchev–Trinajstić information content (AvgIpc) is 2.94. The molecule has 1 aliphatic rings. The van der Waals surface area contributed by atoms with Crippen LogP contribution in [0.2, 0.25) is 17.3 Å². The molecule has 1 saturated heterocycles. The summed E-state index contributed by atoms with van der Waals surface area (Å²) in [6, 6.07) is 0. The first-order valence-corrected chi connectivity index (χ1v) is 17.5. The molecule has 2 rings (SSSR count). The number of hydrogen-bond acceptors (Lipinski definition) is 9. The van der Waals surface area contributed by atoms with Gasteiger partial charge in [0, 0.05) is 0 Å². The number of H-pyrrole nitrogens is 1. The Morgan fingerprint density at radius 1 is 1.06 bits per heavy atom. The van der Waals surface area contributed by atoms with Crippen LogP contribution >= 0.6 is 0 Å². The number of aromatic nitrogens is 2. The summed E-state index contributed by atoms with van der Waals surface area (Å²) < 4.78 is 22.5. The zero-order valence-electron chi connectivity index (χ0n) is 18.9. The third kappa shape index (κ3) is 6.92. The number of esters is 3. The first-order valence-electron chi connectivity index (χ1n) is 9.96. The van der Waals surface area contributed by atoms with Crippen LogP contribution in [-0.4, -0.2) is 65.6 Å². The van der Waals surface area contributed by atoms with Gasteiger partial charge >= 0.3 is 187 Å². The Labute approximate surface area is 187 Å². The molecule has 1 aliphatic heterocycles. The second-order valence-electron chi connectivity index (χ2n) is 8.47. The second-order valence-corrected chi connectivity index (χ2v) is 19.1. The standard InChI is InChI=1S/C20H28GeN2O9/c1-11(24)29-10-15-16(30-12(2)25)17(31-13(3)26)19(32-15)23-9-14(7-8-21(4,5)6)18(27)22-20(23)28/h7-9,15-17,19H,10H2,1-6H3,(H,22,27,28)/b8-7+/t15-,16-,17+,19-/m1/s1. The van der Waals surface area contributed by atoms with E-state index in [4.69, 9.17) is 18.9 Å². The van der Waals surface area contributed by atoms with Crippen molar-refractivity contribution >= 4 is 37.2 Å². The summed E-state index contributed by atoms with van der Waals surface area (Å²) >= 11 is -2.15. The third-order valence-corrected chi connectivity index (χ3v) is 6.82. The van der Waals surface area contributed by atoms with Crippen molar-refractivity contribution in [3.63, 3.8) is 0 Å². The number of nitrogens with zero attached hydrogens (tertiary/aromatic N) is 1. The molecule has 0 aliphatic carbocycles. The summed E-state index contributed by atoms with van der Waals surface area (Å²) in [4.78, 5) is 63.7. The van der Waals surface area contributed by atoms with E-state index >= 15 is 0 Å². The Morgan fingerprint density at radius 2 is 1.66 bits per heavy atom. The van der Waals surface area contributed by atoms with Gasteiger partial charge in [-0.3, -0.25) is 0 Å². The fourth-order valence-electron chi connectivity index (χ4n) is 3.07. The van der Waals surface area contributed by atoms with E-state index in [1.54, 1.807) is 6.08 Å². The minimum absolute atomic E-state index is 0.211. The van der Waals surface area contributed by atoms with Crippen LogP contribution in [0.1, 0.15) is 32.6 Å². The third-order valence-electron chi connectivity index (χ3n) is 4.37. The van der Waals surface area contributed by atoms with Crippen molar-refractivity contribution in [1.82, 2.24) is 9.55 Å². The average molecular weight is 513 g/mol. The van der Waals surface area contributed by atoms with Gasteiger partial charge in [0.15, 0.2) is 0 Å². The van der Waals surface area contributed by atoms with E-state index < -0.39 is 67.0 Å². The van der Waals surface area contributed by atoms with Crippen molar-refractivity contribution in [3.05, 3.63) is 37.5 Å². The zero-order chi connectivity index (χ0) is 24.2. The molecule has 2 heterocycles. The van der Waals surface area contributed by atoms with Gasteiger partial charge in [-0.2, -0.15) is 0 Å². The van der Waals surface area contributed by atoms with Crippen molar-refractivity contribution in [2.75, 3.05) is 6.61 Å². The van der Waals surface area contributed by atoms with Crippen LogP contribution in [0.15, 0.2) is 20.7 Å². The summed E-state index contributed by atoms with van der Waals surface area (Å²) in [6.45, 7) is 3.21. The van der Waals surface area contributed by atoms with Gasteiger partial charge in [0.2, 0.25) is 0 Å². The molecular formula is C20H28GeN2O9. The van der Waals surface area contributed by atoms with Gasteiger partial charge in [-0.05, 0) is 0 Å². The van der Waals surface area contributed by atoms with E-state index in [0.29, 0.717) is 0 Å². The number of aromatic amines is 1. The topological polar surface area (TPSA) is 143 Å². The predicted octanol–water partition coefficient (Wildman–Crippen LogP) is 0.751. The molecule has 1 N–H and O–H groups in total. The number of ether oxygens (including phenoxy) is 4. The number of nitrogens with one attached hydrogen (secondary N) is 1. The molecule has 0 spiro atoms. The fourth-order valence-corrected chi connectivity index (χ4v) is 4.49. The summed E-state index contributed by atoms with van der Waals surface area (Å²) in [7, 11) is 0. The van der Waals surface area contributed by atoms with Crippen LogP contribution in [0.4, 0.5) is 0 Å². The maximum atomic E-state index is 12.6. The van der Waals surface area contributed by atoms with Gasteiger partial charge in [0.25, 0.3) is 0 Å². The van der Waals surface area contributed by atoms with Crippen molar-refractivity contribution in [2.24, 2.45) is 0 Å². The van der Waals surface area contributed by atoms with E-state index in [1.807, 2.05) is 4.91 Å². The van der Waals surface area contributed by atoms with Gasteiger partial charge in [-0.15, -0.1) is 0 Å². The Hall–Kier alpha value is -2.67. The first-order chi connectivity index (χ1) is 14.8. The van der Waals surface area contributed by atoms with Crippen molar-refractivity contribution in [2.45, 2.75) is 62.6 Å². The van der Waals surface area contributed by atoms with Crippen molar-refractivity contribution < 1.29 is 33.3 Å². The minimum atomic E-state index is -2.15. The summed E-state index contributed by atoms with van der Waals surface area (Å²) in [5, 5.41) is 0. The van der Waals surface area contributed by atoms with Crippen LogP contribution in [0.3, 0.4) is 0 Å². The van der Waals surface area contributed by atoms with Crippen molar-refractivity contribution in [1.29, 1.82) is 0 Å². The molecule has 4 atom stereocenters. The maximum absolute atomic E-state index is 12.6. The fraction of sp³-hybridized carbons (Fsp3) is 0.550. The molecule has 0 saturated carbocycles.